The lowest BCUT2D eigenvalue weighted by atomic mass is 10.2. The maximum Gasteiger partial charge on any atom is 0.410 e. The monoisotopic (exact) mass is 413 g/mol. The lowest BCUT2D eigenvalue weighted by Gasteiger charge is -2.26. The van der Waals surface area contributed by atoms with E-state index in [4.69, 9.17) is 16.3 Å². The van der Waals surface area contributed by atoms with Gasteiger partial charge in [0.05, 0.1) is 6.04 Å². The van der Waals surface area contributed by atoms with Crippen molar-refractivity contribution < 1.29 is 28.6 Å². The molecule has 2 aliphatic heterocycles. The summed E-state index contributed by atoms with van der Waals surface area (Å²) in [6.45, 7) is 2.53. The number of aliphatic hydroxyl groups is 1. The molecule has 2 aliphatic rings. The van der Waals surface area contributed by atoms with Gasteiger partial charge in [-0.25, -0.2) is 9.18 Å². The Kier molecular flexibility index (Phi) is 5.76. The average Bonchev–Trinajstić information content (AvgIpc) is 3.19. The SMILES string of the molecule is CC(=O)N1CCC(N2CC[C@@](O)(OC(=O)NCc3cc(F)cc(Cl)c3)C2=O)C1. The fraction of sp³-hybridized carbons (Fsp3) is 0.500. The van der Waals surface area contributed by atoms with Crippen LogP contribution in [0.25, 0.3) is 0 Å². The summed E-state index contributed by atoms with van der Waals surface area (Å²) in [6.07, 6.45) is -0.468. The molecule has 2 heterocycles. The molecule has 0 aliphatic carbocycles. The maximum atomic E-state index is 13.3. The van der Waals surface area contributed by atoms with Crippen molar-refractivity contribution in [1.82, 2.24) is 15.1 Å². The largest absolute Gasteiger partial charge is 0.410 e. The highest BCUT2D eigenvalue weighted by Gasteiger charge is 2.51. The number of nitrogens with zero attached hydrogens (tertiary/aromatic N) is 2. The van der Waals surface area contributed by atoms with Gasteiger partial charge in [0, 0.05) is 44.5 Å². The Hall–Kier alpha value is -2.39. The summed E-state index contributed by atoms with van der Waals surface area (Å²) in [7, 11) is 0. The number of likely N-dealkylation sites (tertiary alicyclic amines) is 2. The van der Waals surface area contributed by atoms with Crippen molar-refractivity contribution in [2.75, 3.05) is 19.6 Å². The molecule has 152 valence electrons. The number of halogens is 2. The van der Waals surface area contributed by atoms with Gasteiger partial charge in [-0.15, -0.1) is 0 Å². The zero-order chi connectivity index (χ0) is 20.5. The smallest absolute Gasteiger partial charge is 0.407 e. The van der Waals surface area contributed by atoms with Crippen LogP contribution in [0.2, 0.25) is 5.02 Å². The predicted molar refractivity (Wildman–Crippen MR) is 96.7 cm³/mol. The first-order valence-corrected chi connectivity index (χ1v) is 9.26. The third-order valence-electron chi connectivity index (χ3n) is 4.96. The fourth-order valence-corrected chi connectivity index (χ4v) is 3.75. The van der Waals surface area contributed by atoms with Gasteiger partial charge in [-0.3, -0.25) is 9.59 Å². The molecule has 0 saturated carbocycles. The van der Waals surface area contributed by atoms with Gasteiger partial charge in [0.1, 0.15) is 5.82 Å². The second-order valence-electron chi connectivity index (χ2n) is 6.96. The zero-order valence-corrected chi connectivity index (χ0v) is 16.0. The van der Waals surface area contributed by atoms with Crippen LogP contribution in [0.4, 0.5) is 9.18 Å². The van der Waals surface area contributed by atoms with Crippen LogP contribution in [-0.2, 0) is 20.9 Å². The highest BCUT2D eigenvalue weighted by atomic mass is 35.5. The number of amides is 3. The van der Waals surface area contributed by atoms with Gasteiger partial charge < -0.3 is 25.0 Å². The molecular formula is C18H21ClFN3O5. The van der Waals surface area contributed by atoms with Gasteiger partial charge in [0.25, 0.3) is 11.7 Å². The highest BCUT2D eigenvalue weighted by Crippen LogP contribution is 2.29. The summed E-state index contributed by atoms with van der Waals surface area (Å²) in [5.41, 5.74) is 0.406. The standard InChI is InChI=1S/C18H21ClFN3O5/c1-11(24)22-4-2-15(10-22)23-5-3-18(27,16(23)25)28-17(26)21-9-12-6-13(19)8-14(20)7-12/h6-8,15,27H,2-5,9-10H2,1H3,(H,21,26)/t15?,18-/m1/s1. The minimum Gasteiger partial charge on any atom is -0.407 e. The van der Waals surface area contributed by atoms with Crippen molar-refractivity contribution in [1.29, 1.82) is 0 Å². The van der Waals surface area contributed by atoms with Gasteiger partial charge in [-0.05, 0) is 30.2 Å². The quantitative estimate of drug-likeness (QED) is 0.724. The van der Waals surface area contributed by atoms with Gasteiger partial charge in [-0.1, -0.05) is 11.6 Å². The third-order valence-corrected chi connectivity index (χ3v) is 5.18. The van der Waals surface area contributed by atoms with E-state index in [-0.39, 0.29) is 36.5 Å². The number of hydrogen-bond donors (Lipinski definition) is 2. The number of carbonyl (C=O) groups excluding carboxylic acids is 3. The molecule has 3 rings (SSSR count). The van der Waals surface area contributed by atoms with Crippen molar-refractivity contribution in [3.8, 4) is 0 Å². The van der Waals surface area contributed by atoms with Gasteiger partial charge in [-0.2, -0.15) is 0 Å². The molecule has 28 heavy (non-hydrogen) atoms. The van der Waals surface area contributed by atoms with E-state index in [1.807, 2.05) is 0 Å². The average molecular weight is 414 g/mol. The Labute approximate surface area is 166 Å². The Bertz CT molecular complexity index is 787. The Morgan fingerprint density at radius 3 is 2.79 bits per heavy atom. The lowest BCUT2D eigenvalue weighted by Crippen LogP contribution is -2.48. The van der Waals surface area contributed by atoms with E-state index >= 15 is 0 Å². The number of ether oxygens (including phenoxy) is 1. The molecule has 2 atom stereocenters. The number of hydrogen-bond acceptors (Lipinski definition) is 5. The summed E-state index contributed by atoms with van der Waals surface area (Å²) < 4.78 is 18.3. The van der Waals surface area contributed by atoms with E-state index in [0.29, 0.717) is 25.1 Å². The van der Waals surface area contributed by atoms with Crippen molar-refractivity contribution in [2.45, 2.75) is 38.1 Å². The molecular weight excluding hydrogens is 393 g/mol. The maximum absolute atomic E-state index is 13.3. The van der Waals surface area contributed by atoms with E-state index in [9.17, 15) is 23.9 Å². The van der Waals surface area contributed by atoms with Crippen molar-refractivity contribution in [3.63, 3.8) is 0 Å². The summed E-state index contributed by atoms with van der Waals surface area (Å²) in [5, 5.41) is 13.0. The van der Waals surface area contributed by atoms with Crippen LogP contribution in [0.3, 0.4) is 0 Å². The predicted octanol–water partition coefficient (Wildman–Crippen LogP) is 1.25. The van der Waals surface area contributed by atoms with Gasteiger partial charge in [0.15, 0.2) is 0 Å². The van der Waals surface area contributed by atoms with Crippen LogP contribution in [0, 0.1) is 5.82 Å². The van der Waals surface area contributed by atoms with E-state index in [2.05, 4.69) is 5.32 Å². The normalized spacial score (nSPS) is 24.6. The highest BCUT2D eigenvalue weighted by molar-refractivity contribution is 6.30. The molecule has 1 aromatic carbocycles. The molecule has 2 fully saturated rings. The van der Waals surface area contributed by atoms with Crippen LogP contribution >= 0.6 is 11.6 Å². The second kappa shape index (κ2) is 7.92. The molecule has 2 N–H and O–H groups in total. The zero-order valence-electron chi connectivity index (χ0n) is 15.3. The van der Waals surface area contributed by atoms with Crippen molar-refractivity contribution >= 4 is 29.5 Å². The molecule has 8 nitrogen and oxygen atoms in total. The summed E-state index contributed by atoms with van der Waals surface area (Å²) in [6, 6.07) is 3.59. The summed E-state index contributed by atoms with van der Waals surface area (Å²) >= 11 is 5.75. The second-order valence-corrected chi connectivity index (χ2v) is 7.40. The Morgan fingerprint density at radius 1 is 1.39 bits per heavy atom. The molecule has 3 amide bonds. The Balaban J connectivity index is 1.55. The number of carbonyl (C=O) groups is 3. The first-order chi connectivity index (χ1) is 13.2. The lowest BCUT2D eigenvalue weighted by molar-refractivity contribution is -0.183. The summed E-state index contributed by atoms with van der Waals surface area (Å²) in [5.74, 6) is -3.58. The fourth-order valence-electron chi connectivity index (χ4n) is 3.51. The van der Waals surface area contributed by atoms with Crippen LogP contribution in [0.5, 0.6) is 0 Å². The number of nitrogens with one attached hydrogen (secondary N) is 1. The number of alkyl carbamates (subject to hydrolysis) is 1. The van der Waals surface area contributed by atoms with Crippen LogP contribution < -0.4 is 5.32 Å². The van der Waals surface area contributed by atoms with Crippen LogP contribution in [0.1, 0.15) is 25.3 Å². The third kappa shape index (κ3) is 4.36. The van der Waals surface area contributed by atoms with Gasteiger partial charge in [0.2, 0.25) is 5.91 Å². The topological polar surface area (TPSA) is 99.2 Å². The van der Waals surface area contributed by atoms with E-state index in [0.717, 1.165) is 6.07 Å². The van der Waals surface area contributed by atoms with E-state index in [1.165, 1.54) is 24.0 Å². The van der Waals surface area contributed by atoms with E-state index < -0.39 is 23.6 Å². The molecule has 0 bridgehead atoms. The molecule has 0 radical (unpaired) electrons. The number of rotatable bonds is 4. The minimum atomic E-state index is -2.26. The Morgan fingerprint density at radius 2 is 2.14 bits per heavy atom. The first kappa shape index (κ1) is 20.3. The minimum absolute atomic E-state index is 0.0678. The van der Waals surface area contributed by atoms with Crippen LogP contribution in [-0.4, -0.2) is 64.3 Å². The van der Waals surface area contributed by atoms with Gasteiger partial charge >= 0.3 is 6.09 Å². The molecule has 10 heteroatoms. The molecule has 0 spiro atoms. The van der Waals surface area contributed by atoms with Crippen molar-refractivity contribution in [3.05, 3.63) is 34.6 Å². The number of benzene rings is 1. The first-order valence-electron chi connectivity index (χ1n) is 8.89. The molecule has 1 unspecified atom stereocenters. The van der Waals surface area contributed by atoms with Crippen LogP contribution in [0.15, 0.2) is 18.2 Å². The van der Waals surface area contributed by atoms with E-state index in [1.54, 1.807) is 4.90 Å². The molecule has 0 aromatic heterocycles. The molecule has 1 aromatic rings. The summed E-state index contributed by atoms with van der Waals surface area (Å²) in [4.78, 5) is 39.1. The molecule has 2 saturated heterocycles. The van der Waals surface area contributed by atoms with Crippen molar-refractivity contribution in [2.24, 2.45) is 0 Å².